The molecule has 1 saturated heterocycles. The zero-order valence-corrected chi connectivity index (χ0v) is 21.2. The standard InChI is InChI=1S/C25H27Cl2FN6O/c1-14(2)33-25(3)12-34(13-25)23-5-4-15(8-32-23)24(30)16-6-22(20(28)7-21(16)29)35-11-17-18(26)9-31-10-19(17)27/h4-10,14,30,33H,11-13,29H2,1-3H3. The monoisotopic (exact) mass is 516 g/mol. The molecule has 35 heavy (non-hydrogen) atoms. The summed E-state index contributed by atoms with van der Waals surface area (Å²) in [6.45, 7) is 8.10. The molecule has 1 fully saturated rings. The van der Waals surface area contributed by atoms with Gasteiger partial charge < -0.3 is 20.7 Å². The van der Waals surface area contributed by atoms with Gasteiger partial charge in [0.15, 0.2) is 11.6 Å². The highest BCUT2D eigenvalue weighted by atomic mass is 35.5. The number of hydrogen-bond acceptors (Lipinski definition) is 7. The van der Waals surface area contributed by atoms with Crippen LogP contribution in [0.3, 0.4) is 0 Å². The summed E-state index contributed by atoms with van der Waals surface area (Å²) in [6, 6.07) is 6.65. The Balaban J connectivity index is 1.48. The summed E-state index contributed by atoms with van der Waals surface area (Å²) in [4.78, 5) is 10.6. The number of nitrogens with two attached hydrogens (primary N) is 1. The number of aromatic nitrogens is 2. The fraction of sp³-hybridized carbons (Fsp3) is 0.320. The van der Waals surface area contributed by atoms with Crippen molar-refractivity contribution in [2.45, 2.75) is 39.0 Å². The Bertz CT molecular complexity index is 1230. The van der Waals surface area contributed by atoms with Gasteiger partial charge in [-0.05, 0) is 25.1 Å². The second-order valence-electron chi connectivity index (χ2n) is 9.24. The van der Waals surface area contributed by atoms with E-state index < -0.39 is 5.82 Å². The van der Waals surface area contributed by atoms with Gasteiger partial charge in [0.2, 0.25) is 0 Å². The van der Waals surface area contributed by atoms with Crippen LogP contribution in [-0.2, 0) is 6.61 Å². The molecule has 4 N–H and O–H groups in total. The third-order valence-corrected chi connectivity index (χ3v) is 6.43. The molecule has 0 aliphatic carbocycles. The van der Waals surface area contributed by atoms with Gasteiger partial charge in [0.1, 0.15) is 12.4 Å². The first kappa shape index (κ1) is 25.2. The largest absolute Gasteiger partial charge is 0.486 e. The zero-order valence-electron chi connectivity index (χ0n) is 19.7. The van der Waals surface area contributed by atoms with Crippen molar-refractivity contribution >= 4 is 40.4 Å². The first-order chi connectivity index (χ1) is 16.6. The minimum atomic E-state index is -0.648. The minimum absolute atomic E-state index is 0.0604. The number of nitrogen functional groups attached to an aromatic ring is 1. The lowest BCUT2D eigenvalue weighted by molar-refractivity contribution is 0.260. The number of pyridine rings is 2. The molecule has 0 spiro atoms. The van der Waals surface area contributed by atoms with E-state index in [9.17, 15) is 4.39 Å². The van der Waals surface area contributed by atoms with Crippen LogP contribution in [-0.4, -0.2) is 40.3 Å². The van der Waals surface area contributed by atoms with E-state index in [1.807, 2.05) is 12.1 Å². The van der Waals surface area contributed by atoms with E-state index in [2.05, 4.69) is 41.0 Å². The number of nitrogens with one attached hydrogen (secondary N) is 2. The summed E-state index contributed by atoms with van der Waals surface area (Å²) in [5, 5.41) is 12.8. The maximum Gasteiger partial charge on any atom is 0.167 e. The molecule has 0 saturated carbocycles. The second kappa shape index (κ2) is 9.97. The third-order valence-electron chi connectivity index (χ3n) is 5.78. The number of nitrogens with zero attached hydrogens (tertiary/aromatic N) is 3. The molecule has 184 valence electrons. The van der Waals surface area contributed by atoms with Crippen molar-refractivity contribution in [3.63, 3.8) is 0 Å². The van der Waals surface area contributed by atoms with Gasteiger partial charge in [-0.25, -0.2) is 9.37 Å². The lowest BCUT2D eigenvalue weighted by atomic mass is 9.91. The summed E-state index contributed by atoms with van der Waals surface area (Å²) >= 11 is 12.2. The molecule has 1 aromatic carbocycles. The lowest BCUT2D eigenvalue weighted by Gasteiger charge is -2.50. The average Bonchev–Trinajstić information content (AvgIpc) is 2.77. The molecule has 4 rings (SSSR count). The highest BCUT2D eigenvalue weighted by molar-refractivity contribution is 6.35. The van der Waals surface area contributed by atoms with E-state index in [1.54, 1.807) is 6.20 Å². The van der Waals surface area contributed by atoms with Crippen LogP contribution in [0.15, 0.2) is 42.9 Å². The van der Waals surface area contributed by atoms with Crippen molar-refractivity contribution in [3.8, 4) is 5.75 Å². The van der Waals surface area contributed by atoms with Crippen LogP contribution in [0.5, 0.6) is 5.75 Å². The molecule has 1 aliphatic heterocycles. The topological polar surface area (TPSA) is 100 Å². The highest BCUT2D eigenvalue weighted by Gasteiger charge is 2.39. The number of benzene rings is 1. The van der Waals surface area contributed by atoms with Crippen LogP contribution in [0.25, 0.3) is 0 Å². The number of anilines is 2. The maximum atomic E-state index is 14.6. The van der Waals surface area contributed by atoms with Crippen LogP contribution in [0.1, 0.15) is 37.5 Å². The van der Waals surface area contributed by atoms with Crippen LogP contribution in [0, 0.1) is 11.2 Å². The van der Waals surface area contributed by atoms with Gasteiger partial charge >= 0.3 is 0 Å². The van der Waals surface area contributed by atoms with Gasteiger partial charge in [0, 0.05) is 66.2 Å². The SMILES string of the molecule is CC(C)NC1(C)CN(c2ccc(C(=N)c3cc(OCc4c(Cl)cncc4Cl)c(F)cc3N)cn2)C1. The Morgan fingerprint density at radius 3 is 2.51 bits per heavy atom. The van der Waals surface area contributed by atoms with Crippen molar-refractivity contribution in [1.29, 1.82) is 5.41 Å². The molecule has 2 aromatic heterocycles. The summed E-state index contributed by atoms with van der Waals surface area (Å²) in [6.07, 6.45) is 4.50. The third kappa shape index (κ3) is 5.50. The molecule has 0 atom stereocenters. The van der Waals surface area contributed by atoms with Crippen LogP contribution in [0.2, 0.25) is 10.0 Å². The summed E-state index contributed by atoms with van der Waals surface area (Å²) in [7, 11) is 0. The Morgan fingerprint density at radius 1 is 1.23 bits per heavy atom. The van der Waals surface area contributed by atoms with E-state index in [-0.39, 0.29) is 29.3 Å². The van der Waals surface area contributed by atoms with E-state index in [1.165, 1.54) is 18.5 Å². The van der Waals surface area contributed by atoms with Crippen LogP contribution in [0.4, 0.5) is 15.9 Å². The van der Waals surface area contributed by atoms with Crippen LogP contribution < -0.4 is 20.7 Å². The number of ether oxygens (including phenoxy) is 1. The maximum absolute atomic E-state index is 14.6. The minimum Gasteiger partial charge on any atom is -0.486 e. The van der Waals surface area contributed by atoms with Gasteiger partial charge in [-0.2, -0.15) is 0 Å². The van der Waals surface area contributed by atoms with Crippen molar-refractivity contribution < 1.29 is 9.13 Å². The summed E-state index contributed by atoms with van der Waals surface area (Å²) < 4.78 is 20.2. The summed E-state index contributed by atoms with van der Waals surface area (Å²) in [5.74, 6) is 0.126. The van der Waals surface area contributed by atoms with E-state index in [0.29, 0.717) is 32.8 Å². The molecule has 0 unspecified atom stereocenters. The Kier molecular flexibility index (Phi) is 7.17. The quantitative estimate of drug-likeness (QED) is 0.285. The predicted molar refractivity (Wildman–Crippen MR) is 138 cm³/mol. The van der Waals surface area contributed by atoms with Crippen molar-refractivity contribution in [2.24, 2.45) is 0 Å². The van der Waals surface area contributed by atoms with E-state index in [4.69, 9.17) is 39.1 Å². The average molecular weight is 517 g/mol. The van der Waals surface area contributed by atoms with Gasteiger partial charge in [-0.1, -0.05) is 37.0 Å². The van der Waals surface area contributed by atoms with Crippen LogP contribution >= 0.6 is 23.2 Å². The number of rotatable bonds is 8. The Labute approximate surface area is 213 Å². The fourth-order valence-corrected chi connectivity index (χ4v) is 4.72. The first-order valence-electron chi connectivity index (χ1n) is 11.1. The van der Waals surface area contributed by atoms with Gasteiger partial charge in [0.05, 0.1) is 21.3 Å². The zero-order chi connectivity index (χ0) is 25.3. The van der Waals surface area contributed by atoms with Gasteiger partial charge in [0.25, 0.3) is 0 Å². The molecule has 0 amide bonds. The van der Waals surface area contributed by atoms with Gasteiger partial charge in [-0.3, -0.25) is 10.4 Å². The molecule has 3 heterocycles. The number of halogens is 3. The van der Waals surface area contributed by atoms with Crippen molar-refractivity contribution in [2.75, 3.05) is 23.7 Å². The molecule has 3 aromatic rings. The number of hydrogen-bond donors (Lipinski definition) is 3. The molecular formula is C25H27Cl2FN6O. The van der Waals surface area contributed by atoms with E-state index in [0.717, 1.165) is 25.0 Å². The first-order valence-corrected chi connectivity index (χ1v) is 11.9. The second-order valence-corrected chi connectivity index (χ2v) is 10.1. The highest BCUT2D eigenvalue weighted by Crippen LogP contribution is 2.30. The fourth-order valence-electron chi connectivity index (χ4n) is 4.24. The summed E-state index contributed by atoms with van der Waals surface area (Å²) in [5.41, 5.74) is 7.72. The van der Waals surface area contributed by atoms with Crippen molar-refractivity contribution in [1.82, 2.24) is 15.3 Å². The van der Waals surface area contributed by atoms with Gasteiger partial charge in [-0.15, -0.1) is 0 Å². The molecule has 1 aliphatic rings. The smallest absolute Gasteiger partial charge is 0.167 e. The lowest BCUT2D eigenvalue weighted by Crippen LogP contribution is -2.69. The normalized spacial score (nSPS) is 14.7. The molecule has 0 radical (unpaired) electrons. The molecule has 7 nitrogen and oxygen atoms in total. The van der Waals surface area contributed by atoms with E-state index >= 15 is 0 Å². The predicted octanol–water partition coefficient (Wildman–Crippen LogP) is 5.08. The Morgan fingerprint density at radius 2 is 1.91 bits per heavy atom. The molecule has 10 heteroatoms. The molecule has 0 bridgehead atoms. The molecular weight excluding hydrogens is 490 g/mol. The Hall–Kier alpha value is -2.94. The van der Waals surface area contributed by atoms with Crippen molar-refractivity contribution in [3.05, 3.63) is 75.4 Å².